The average molecular weight is 530 g/mol. The van der Waals surface area contributed by atoms with Crippen molar-refractivity contribution < 1.29 is 22.7 Å². The topological polar surface area (TPSA) is 131 Å². The molecule has 3 aromatic rings. The summed E-state index contributed by atoms with van der Waals surface area (Å²) >= 11 is 1.17. The predicted octanol–water partition coefficient (Wildman–Crippen LogP) is 2.76. The minimum absolute atomic E-state index is 0.103. The summed E-state index contributed by atoms with van der Waals surface area (Å²) in [7, 11) is -3.62. The monoisotopic (exact) mass is 529 g/mol. The number of hydrogen-bond acceptors (Lipinski definition) is 8. The highest BCUT2D eigenvalue weighted by molar-refractivity contribution is 7.89. The molecule has 4 rings (SSSR count). The Morgan fingerprint density at radius 3 is 2.56 bits per heavy atom. The lowest BCUT2D eigenvalue weighted by Gasteiger charge is -2.17. The zero-order valence-electron chi connectivity index (χ0n) is 19.9. The Labute approximate surface area is 213 Å². The SMILES string of the molecule is CCOc1ccc(N2CC(C(=O)Nc3nnc(CCNS(=O)(=O)c4ccc(C)cc4)s3)CC2=O)cc1. The fourth-order valence-electron chi connectivity index (χ4n) is 3.73. The highest BCUT2D eigenvalue weighted by atomic mass is 32.2. The van der Waals surface area contributed by atoms with E-state index in [9.17, 15) is 18.0 Å². The van der Waals surface area contributed by atoms with Crippen LogP contribution < -0.4 is 19.7 Å². The lowest BCUT2D eigenvalue weighted by atomic mass is 10.1. The van der Waals surface area contributed by atoms with Crippen LogP contribution in [0.2, 0.25) is 0 Å². The van der Waals surface area contributed by atoms with Gasteiger partial charge in [0.15, 0.2) is 0 Å². The number of aryl methyl sites for hydroxylation is 1. The average Bonchev–Trinajstić information content (AvgIpc) is 3.46. The van der Waals surface area contributed by atoms with E-state index in [0.717, 1.165) is 11.3 Å². The van der Waals surface area contributed by atoms with Gasteiger partial charge in [-0.25, -0.2) is 13.1 Å². The van der Waals surface area contributed by atoms with Crippen molar-refractivity contribution in [2.24, 2.45) is 5.92 Å². The molecule has 1 aliphatic heterocycles. The fraction of sp³-hybridized carbons (Fsp3) is 0.333. The van der Waals surface area contributed by atoms with Crippen molar-refractivity contribution in [3.8, 4) is 5.75 Å². The smallest absolute Gasteiger partial charge is 0.240 e. The first-order valence-corrected chi connectivity index (χ1v) is 13.8. The molecule has 0 radical (unpaired) electrons. The van der Waals surface area contributed by atoms with E-state index < -0.39 is 15.9 Å². The number of benzene rings is 2. The number of rotatable bonds is 10. The Kier molecular flexibility index (Phi) is 7.97. The summed E-state index contributed by atoms with van der Waals surface area (Å²) in [6.07, 6.45) is 0.428. The first-order chi connectivity index (χ1) is 17.2. The first kappa shape index (κ1) is 25.7. The van der Waals surface area contributed by atoms with Crippen LogP contribution in [0.15, 0.2) is 53.4 Å². The van der Waals surface area contributed by atoms with Gasteiger partial charge in [0, 0.05) is 31.6 Å². The maximum absolute atomic E-state index is 12.7. The highest BCUT2D eigenvalue weighted by Crippen LogP contribution is 2.28. The molecule has 2 N–H and O–H groups in total. The third kappa shape index (κ3) is 6.25. The van der Waals surface area contributed by atoms with Gasteiger partial charge in [-0.2, -0.15) is 0 Å². The Balaban J connectivity index is 1.28. The fourth-order valence-corrected chi connectivity index (χ4v) is 5.50. The highest BCUT2D eigenvalue weighted by Gasteiger charge is 2.35. The molecule has 2 amide bonds. The number of nitrogens with zero attached hydrogens (tertiary/aromatic N) is 3. The van der Waals surface area contributed by atoms with Gasteiger partial charge >= 0.3 is 0 Å². The van der Waals surface area contributed by atoms with Gasteiger partial charge in [0.1, 0.15) is 10.8 Å². The minimum atomic E-state index is -3.62. The van der Waals surface area contributed by atoms with Crippen LogP contribution in [0.1, 0.15) is 23.9 Å². The zero-order valence-corrected chi connectivity index (χ0v) is 21.6. The van der Waals surface area contributed by atoms with Gasteiger partial charge in [-0.1, -0.05) is 29.0 Å². The molecule has 0 bridgehead atoms. The molecule has 1 fully saturated rings. The molecule has 10 nitrogen and oxygen atoms in total. The second-order valence-electron chi connectivity index (χ2n) is 8.28. The van der Waals surface area contributed by atoms with E-state index in [2.05, 4.69) is 20.2 Å². The summed E-state index contributed by atoms with van der Waals surface area (Å²) in [6, 6.07) is 13.8. The molecule has 1 atom stereocenters. The van der Waals surface area contributed by atoms with Crippen molar-refractivity contribution in [3.63, 3.8) is 0 Å². The first-order valence-electron chi connectivity index (χ1n) is 11.5. The van der Waals surface area contributed by atoms with Crippen molar-refractivity contribution >= 4 is 44.0 Å². The number of aromatic nitrogens is 2. The number of anilines is 2. The molecule has 2 heterocycles. The molecule has 1 aliphatic rings. The van der Waals surface area contributed by atoms with E-state index >= 15 is 0 Å². The van der Waals surface area contributed by atoms with E-state index in [-0.39, 0.29) is 36.2 Å². The number of carbonyl (C=O) groups is 2. The number of nitrogens with one attached hydrogen (secondary N) is 2. The van der Waals surface area contributed by atoms with Gasteiger partial charge in [-0.05, 0) is 50.2 Å². The molecule has 12 heteroatoms. The summed E-state index contributed by atoms with van der Waals surface area (Å²) < 4.78 is 32.8. The van der Waals surface area contributed by atoms with Crippen LogP contribution in [0.5, 0.6) is 5.75 Å². The van der Waals surface area contributed by atoms with Gasteiger partial charge < -0.3 is 15.0 Å². The van der Waals surface area contributed by atoms with Crippen molar-refractivity contribution in [2.75, 3.05) is 29.9 Å². The van der Waals surface area contributed by atoms with Crippen molar-refractivity contribution in [3.05, 3.63) is 59.1 Å². The summed E-state index contributed by atoms with van der Waals surface area (Å²) in [4.78, 5) is 27.0. The molecular formula is C24H27N5O5S2. The van der Waals surface area contributed by atoms with Crippen LogP contribution in [0.4, 0.5) is 10.8 Å². The molecule has 1 unspecified atom stereocenters. The lowest BCUT2D eigenvalue weighted by Crippen LogP contribution is -2.28. The maximum atomic E-state index is 12.7. The molecular weight excluding hydrogens is 502 g/mol. The summed E-state index contributed by atoms with van der Waals surface area (Å²) in [5, 5.41) is 11.6. The van der Waals surface area contributed by atoms with Gasteiger partial charge in [0.2, 0.25) is 27.0 Å². The largest absolute Gasteiger partial charge is 0.494 e. The molecule has 1 saturated heterocycles. The Morgan fingerprint density at radius 1 is 1.14 bits per heavy atom. The van der Waals surface area contributed by atoms with Gasteiger partial charge in [0.05, 0.1) is 17.4 Å². The van der Waals surface area contributed by atoms with Gasteiger partial charge in [0.25, 0.3) is 0 Å². The Bertz CT molecular complexity index is 1320. The Morgan fingerprint density at radius 2 is 1.86 bits per heavy atom. The van der Waals surface area contributed by atoms with Crippen molar-refractivity contribution in [2.45, 2.75) is 31.6 Å². The van der Waals surface area contributed by atoms with Crippen LogP contribution in [0.3, 0.4) is 0 Å². The second kappa shape index (κ2) is 11.1. The normalized spacial score (nSPS) is 15.8. The van der Waals surface area contributed by atoms with E-state index in [1.807, 2.05) is 13.8 Å². The van der Waals surface area contributed by atoms with Crippen LogP contribution in [-0.2, 0) is 26.0 Å². The van der Waals surface area contributed by atoms with Crippen LogP contribution in [0.25, 0.3) is 0 Å². The van der Waals surface area contributed by atoms with Crippen LogP contribution in [-0.4, -0.2) is 50.1 Å². The molecule has 2 aromatic carbocycles. The molecule has 0 saturated carbocycles. The minimum Gasteiger partial charge on any atom is -0.494 e. The number of sulfonamides is 1. The van der Waals surface area contributed by atoms with Gasteiger partial charge in [-0.3, -0.25) is 9.59 Å². The number of ether oxygens (including phenoxy) is 1. The molecule has 36 heavy (non-hydrogen) atoms. The summed E-state index contributed by atoms with van der Waals surface area (Å²) in [5.74, 6) is -0.229. The standard InChI is InChI=1S/C24H27N5O5S2/c1-3-34-19-8-6-18(7-9-19)29-15-17(14-22(29)30)23(31)26-24-28-27-21(35-24)12-13-25-36(32,33)20-10-4-16(2)5-11-20/h4-11,17,25H,3,12-15H2,1-2H3,(H,26,28,31). The molecule has 0 aliphatic carbocycles. The van der Waals surface area contributed by atoms with E-state index in [1.165, 1.54) is 11.3 Å². The second-order valence-corrected chi connectivity index (χ2v) is 11.1. The number of carbonyl (C=O) groups excluding carboxylic acids is 2. The Hall–Kier alpha value is -3.35. The molecule has 190 valence electrons. The van der Waals surface area contributed by atoms with E-state index in [4.69, 9.17) is 4.74 Å². The summed E-state index contributed by atoms with van der Waals surface area (Å²) in [6.45, 7) is 4.76. The number of amides is 2. The zero-order chi connectivity index (χ0) is 25.7. The van der Waals surface area contributed by atoms with Crippen molar-refractivity contribution in [1.82, 2.24) is 14.9 Å². The number of hydrogen-bond donors (Lipinski definition) is 2. The van der Waals surface area contributed by atoms with Crippen LogP contribution in [0, 0.1) is 12.8 Å². The lowest BCUT2D eigenvalue weighted by molar-refractivity contribution is -0.122. The van der Waals surface area contributed by atoms with E-state index in [0.29, 0.717) is 28.9 Å². The molecule has 0 spiro atoms. The summed E-state index contributed by atoms with van der Waals surface area (Å²) in [5.41, 5.74) is 1.69. The molecule has 1 aromatic heterocycles. The van der Waals surface area contributed by atoms with Crippen molar-refractivity contribution in [1.29, 1.82) is 0 Å². The predicted molar refractivity (Wildman–Crippen MR) is 137 cm³/mol. The van der Waals surface area contributed by atoms with E-state index in [1.54, 1.807) is 53.4 Å². The quantitative estimate of drug-likeness (QED) is 0.413. The third-order valence-electron chi connectivity index (χ3n) is 5.61. The third-order valence-corrected chi connectivity index (χ3v) is 7.99. The van der Waals surface area contributed by atoms with Crippen LogP contribution >= 0.6 is 11.3 Å². The maximum Gasteiger partial charge on any atom is 0.240 e. The van der Waals surface area contributed by atoms with Gasteiger partial charge in [-0.15, -0.1) is 10.2 Å².